The van der Waals surface area contributed by atoms with E-state index in [2.05, 4.69) is 32.3 Å². The Hall–Kier alpha value is -1.00. The largest absolute Gasteiger partial charge is 0.495 e. The minimum Gasteiger partial charge on any atom is -0.495 e. The molecule has 0 aliphatic carbocycles. The minimum absolute atomic E-state index is 0.804. The summed E-state index contributed by atoms with van der Waals surface area (Å²) < 4.78 is 6.40. The van der Waals surface area contributed by atoms with Crippen LogP contribution >= 0.6 is 15.9 Å². The van der Waals surface area contributed by atoms with Gasteiger partial charge in [-0.1, -0.05) is 12.1 Å². The van der Waals surface area contributed by atoms with E-state index < -0.39 is 0 Å². The molecule has 0 unspecified atom stereocenters. The molecule has 1 aromatic carbocycles. The molecule has 0 atom stereocenters. The van der Waals surface area contributed by atoms with Gasteiger partial charge >= 0.3 is 0 Å². The summed E-state index contributed by atoms with van der Waals surface area (Å²) in [6.07, 6.45) is 0. The van der Waals surface area contributed by atoms with Crippen molar-refractivity contribution in [3.05, 3.63) is 28.4 Å². The fourth-order valence-electron chi connectivity index (χ4n) is 1.68. The van der Waals surface area contributed by atoms with Crippen LogP contribution in [-0.2, 0) is 6.54 Å². The van der Waals surface area contributed by atoms with Gasteiger partial charge in [0, 0.05) is 22.1 Å². The number of para-hydroxylation sites is 1. The van der Waals surface area contributed by atoms with Crippen LogP contribution in [0.4, 0.5) is 0 Å². The SMILES string of the molecule is CNCc1[nH]c2c(OC)cccc2c1Br. The number of H-pyrrole nitrogens is 1. The second kappa shape index (κ2) is 4.24. The average molecular weight is 269 g/mol. The van der Waals surface area contributed by atoms with Gasteiger partial charge in [0.05, 0.1) is 12.6 Å². The Bertz CT molecular complexity index is 479. The lowest BCUT2D eigenvalue weighted by molar-refractivity contribution is 0.419. The molecule has 3 nitrogen and oxygen atoms in total. The highest BCUT2D eigenvalue weighted by molar-refractivity contribution is 9.10. The fourth-order valence-corrected chi connectivity index (χ4v) is 2.25. The maximum absolute atomic E-state index is 5.30. The molecule has 2 rings (SSSR count). The van der Waals surface area contributed by atoms with Gasteiger partial charge in [0.15, 0.2) is 0 Å². The molecular formula is C11H13BrN2O. The first-order valence-corrected chi connectivity index (χ1v) is 5.55. The summed E-state index contributed by atoms with van der Waals surface area (Å²) in [6, 6.07) is 6.01. The molecule has 0 fully saturated rings. The van der Waals surface area contributed by atoms with Crippen LogP contribution in [0, 0.1) is 0 Å². The van der Waals surface area contributed by atoms with Crippen LogP contribution in [0.25, 0.3) is 10.9 Å². The molecule has 0 spiro atoms. The van der Waals surface area contributed by atoms with E-state index in [9.17, 15) is 0 Å². The van der Waals surface area contributed by atoms with Gasteiger partial charge in [0.1, 0.15) is 5.75 Å². The van der Waals surface area contributed by atoms with Crippen molar-refractivity contribution in [3.63, 3.8) is 0 Å². The Labute approximate surface area is 96.9 Å². The van der Waals surface area contributed by atoms with Crippen molar-refractivity contribution in [3.8, 4) is 5.75 Å². The average Bonchev–Trinajstić information content (AvgIpc) is 2.57. The van der Waals surface area contributed by atoms with Gasteiger partial charge in [-0.3, -0.25) is 0 Å². The van der Waals surface area contributed by atoms with Crippen molar-refractivity contribution in [1.29, 1.82) is 0 Å². The van der Waals surface area contributed by atoms with Crippen molar-refractivity contribution >= 4 is 26.8 Å². The summed E-state index contributed by atoms with van der Waals surface area (Å²) in [5.41, 5.74) is 2.18. The molecule has 0 saturated heterocycles. The summed E-state index contributed by atoms with van der Waals surface area (Å²) in [4.78, 5) is 3.35. The number of fused-ring (bicyclic) bond motifs is 1. The zero-order valence-corrected chi connectivity index (χ0v) is 10.3. The van der Waals surface area contributed by atoms with E-state index in [4.69, 9.17) is 4.74 Å². The molecular weight excluding hydrogens is 256 g/mol. The van der Waals surface area contributed by atoms with Crippen LogP contribution in [0.3, 0.4) is 0 Å². The predicted octanol–water partition coefficient (Wildman–Crippen LogP) is 2.66. The third kappa shape index (κ3) is 1.75. The predicted molar refractivity (Wildman–Crippen MR) is 65.3 cm³/mol. The van der Waals surface area contributed by atoms with Crippen LogP contribution < -0.4 is 10.1 Å². The van der Waals surface area contributed by atoms with E-state index in [-0.39, 0.29) is 0 Å². The first kappa shape index (κ1) is 10.5. The normalized spacial score (nSPS) is 10.9. The molecule has 80 valence electrons. The van der Waals surface area contributed by atoms with Crippen LogP contribution in [0.5, 0.6) is 5.75 Å². The molecule has 2 aromatic rings. The van der Waals surface area contributed by atoms with Gasteiger partial charge in [-0.2, -0.15) is 0 Å². The van der Waals surface area contributed by atoms with Crippen molar-refractivity contribution in [2.45, 2.75) is 6.54 Å². The third-order valence-electron chi connectivity index (χ3n) is 2.38. The number of hydrogen-bond acceptors (Lipinski definition) is 2. The number of aromatic nitrogens is 1. The number of halogens is 1. The van der Waals surface area contributed by atoms with Crippen molar-refractivity contribution in [2.75, 3.05) is 14.2 Å². The van der Waals surface area contributed by atoms with Gasteiger partial charge in [-0.25, -0.2) is 0 Å². The van der Waals surface area contributed by atoms with Gasteiger partial charge < -0.3 is 15.0 Å². The number of nitrogens with one attached hydrogen (secondary N) is 2. The van der Waals surface area contributed by atoms with Crippen molar-refractivity contribution in [1.82, 2.24) is 10.3 Å². The fraction of sp³-hybridized carbons (Fsp3) is 0.273. The van der Waals surface area contributed by atoms with E-state index >= 15 is 0 Å². The third-order valence-corrected chi connectivity index (χ3v) is 3.28. The summed E-state index contributed by atoms with van der Waals surface area (Å²) >= 11 is 3.59. The second-order valence-corrected chi connectivity index (χ2v) is 4.12. The lowest BCUT2D eigenvalue weighted by Gasteiger charge is -1.99. The standard InChI is InChI=1S/C11H13BrN2O/c1-13-6-8-10(12)7-4-3-5-9(15-2)11(7)14-8/h3-5,13-14H,6H2,1-2H3. The molecule has 1 heterocycles. The molecule has 0 amide bonds. The molecule has 0 radical (unpaired) electrons. The van der Waals surface area contributed by atoms with Gasteiger partial charge in [-0.15, -0.1) is 0 Å². The van der Waals surface area contributed by atoms with Crippen LogP contribution in [0.15, 0.2) is 22.7 Å². The number of methoxy groups -OCH3 is 1. The Balaban J connectivity index is 2.64. The molecule has 2 N–H and O–H groups in total. The Kier molecular flexibility index (Phi) is 2.98. The molecule has 4 heteroatoms. The zero-order chi connectivity index (χ0) is 10.8. The van der Waals surface area contributed by atoms with Crippen LogP contribution in [0.2, 0.25) is 0 Å². The Morgan fingerprint density at radius 1 is 1.47 bits per heavy atom. The van der Waals surface area contributed by atoms with Gasteiger partial charge in [0.2, 0.25) is 0 Å². The highest BCUT2D eigenvalue weighted by Crippen LogP contribution is 2.33. The molecule has 0 aliphatic heterocycles. The lowest BCUT2D eigenvalue weighted by atomic mass is 10.2. The van der Waals surface area contributed by atoms with E-state index in [0.29, 0.717) is 0 Å². The molecule has 0 saturated carbocycles. The summed E-state index contributed by atoms with van der Waals surface area (Å²) in [6.45, 7) is 0.804. The number of ether oxygens (including phenoxy) is 1. The van der Waals surface area contributed by atoms with Crippen molar-refractivity contribution in [2.24, 2.45) is 0 Å². The van der Waals surface area contributed by atoms with Gasteiger partial charge in [0.25, 0.3) is 0 Å². The maximum atomic E-state index is 5.30. The molecule has 1 aromatic heterocycles. The molecule has 0 aliphatic rings. The summed E-state index contributed by atoms with van der Waals surface area (Å²) in [7, 11) is 3.61. The first-order chi connectivity index (χ1) is 7.27. The highest BCUT2D eigenvalue weighted by atomic mass is 79.9. The maximum Gasteiger partial charge on any atom is 0.142 e. The monoisotopic (exact) mass is 268 g/mol. The van der Waals surface area contributed by atoms with Crippen LogP contribution in [0.1, 0.15) is 5.69 Å². The lowest BCUT2D eigenvalue weighted by Crippen LogP contribution is -2.05. The quantitative estimate of drug-likeness (QED) is 0.898. The van der Waals surface area contributed by atoms with Gasteiger partial charge in [-0.05, 0) is 29.0 Å². The Morgan fingerprint density at radius 2 is 2.27 bits per heavy atom. The minimum atomic E-state index is 0.804. The van der Waals surface area contributed by atoms with E-state index in [0.717, 1.165) is 33.4 Å². The second-order valence-electron chi connectivity index (χ2n) is 3.33. The number of benzene rings is 1. The summed E-state index contributed by atoms with van der Waals surface area (Å²) in [5, 5.41) is 4.27. The first-order valence-electron chi connectivity index (χ1n) is 4.75. The molecule has 15 heavy (non-hydrogen) atoms. The van der Waals surface area contributed by atoms with Crippen molar-refractivity contribution < 1.29 is 4.74 Å². The summed E-state index contributed by atoms with van der Waals surface area (Å²) in [5.74, 6) is 0.871. The zero-order valence-electron chi connectivity index (χ0n) is 8.73. The topological polar surface area (TPSA) is 37.0 Å². The van der Waals surface area contributed by atoms with E-state index in [1.165, 1.54) is 0 Å². The number of rotatable bonds is 3. The highest BCUT2D eigenvalue weighted by Gasteiger charge is 2.10. The number of aromatic amines is 1. The van der Waals surface area contributed by atoms with E-state index in [1.807, 2.05) is 19.2 Å². The smallest absolute Gasteiger partial charge is 0.142 e. The number of hydrogen-bond donors (Lipinski definition) is 2. The van der Waals surface area contributed by atoms with Crippen LogP contribution in [-0.4, -0.2) is 19.1 Å². The molecule has 0 bridgehead atoms. The Morgan fingerprint density at radius 3 is 2.93 bits per heavy atom. The van der Waals surface area contributed by atoms with E-state index in [1.54, 1.807) is 7.11 Å².